The number of H-pyrrole nitrogens is 1. The van der Waals surface area contributed by atoms with Gasteiger partial charge < -0.3 is 25.3 Å². The number of hydrogen-bond donors (Lipinski definition) is 4. The third-order valence-electron chi connectivity index (χ3n) is 9.69. The summed E-state index contributed by atoms with van der Waals surface area (Å²) in [5.74, 6) is -2.15. The van der Waals surface area contributed by atoms with Gasteiger partial charge >= 0.3 is 0 Å². The molecule has 14 nitrogen and oxygen atoms in total. The summed E-state index contributed by atoms with van der Waals surface area (Å²) in [6, 6.07) is 11.7. The van der Waals surface area contributed by atoms with E-state index in [0.29, 0.717) is 23.2 Å². The van der Waals surface area contributed by atoms with Gasteiger partial charge in [-0.05, 0) is 63.4 Å². The van der Waals surface area contributed by atoms with Crippen molar-refractivity contribution in [3.63, 3.8) is 0 Å². The SMILES string of the molecule is O=C(COc1cccc2c1C(=O)N(C1CCC(=O)NC1=O)C2=O)NCCCCCN1CCCC(Nc2ncc(Cl)c(-c3c[nH]c4ccccc34)n2)C1. The predicted molar refractivity (Wildman–Crippen MR) is 193 cm³/mol. The molecule has 0 aliphatic carbocycles. The van der Waals surface area contributed by atoms with Crippen LogP contribution in [0.25, 0.3) is 22.2 Å². The van der Waals surface area contributed by atoms with Crippen LogP contribution in [0.1, 0.15) is 65.7 Å². The van der Waals surface area contributed by atoms with E-state index in [0.717, 1.165) is 73.1 Å². The van der Waals surface area contributed by atoms with E-state index in [1.807, 2.05) is 30.5 Å². The van der Waals surface area contributed by atoms with Crippen LogP contribution in [-0.2, 0) is 14.4 Å². The zero-order chi connectivity index (χ0) is 36.2. The van der Waals surface area contributed by atoms with Crippen molar-refractivity contribution in [3.8, 4) is 17.0 Å². The number of unbranched alkanes of at least 4 members (excludes halogenated alkanes) is 2. The van der Waals surface area contributed by atoms with Gasteiger partial charge in [-0.3, -0.25) is 34.2 Å². The Morgan fingerprint density at radius 2 is 1.87 bits per heavy atom. The Morgan fingerprint density at radius 1 is 1.00 bits per heavy atom. The maximum Gasteiger partial charge on any atom is 0.266 e. The number of likely N-dealkylation sites (tertiary alicyclic amines) is 1. The first kappa shape index (κ1) is 35.1. The number of nitrogens with zero attached hydrogens (tertiary/aromatic N) is 4. The van der Waals surface area contributed by atoms with Gasteiger partial charge in [0.2, 0.25) is 17.8 Å². The number of carbonyl (C=O) groups is 5. The Hall–Kier alpha value is -5.34. The van der Waals surface area contributed by atoms with Crippen LogP contribution in [0.2, 0.25) is 5.02 Å². The number of para-hydroxylation sites is 1. The van der Waals surface area contributed by atoms with Gasteiger partial charge in [0, 0.05) is 48.2 Å². The molecule has 4 N–H and O–H groups in total. The summed E-state index contributed by atoms with van der Waals surface area (Å²) >= 11 is 6.52. The van der Waals surface area contributed by atoms with Gasteiger partial charge in [0.1, 0.15) is 11.8 Å². The molecule has 52 heavy (non-hydrogen) atoms. The van der Waals surface area contributed by atoms with E-state index >= 15 is 0 Å². The van der Waals surface area contributed by atoms with Crippen LogP contribution in [0.3, 0.4) is 0 Å². The second-order valence-corrected chi connectivity index (χ2v) is 13.7. The van der Waals surface area contributed by atoms with E-state index in [1.54, 1.807) is 12.3 Å². The summed E-state index contributed by atoms with van der Waals surface area (Å²) in [5, 5.41) is 10.1. The maximum atomic E-state index is 13.2. The quantitative estimate of drug-likeness (QED) is 0.117. The van der Waals surface area contributed by atoms with Crippen molar-refractivity contribution in [2.45, 2.75) is 57.0 Å². The summed E-state index contributed by atoms with van der Waals surface area (Å²) in [5.41, 5.74) is 2.76. The van der Waals surface area contributed by atoms with Gasteiger partial charge in [0.05, 0.1) is 28.0 Å². The second kappa shape index (κ2) is 15.5. The number of benzene rings is 2. The monoisotopic (exact) mass is 726 g/mol. The molecule has 3 aliphatic heterocycles. The highest BCUT2D eigenvalue weighted by Gasteiger charge is 2.46. The van der Waals surface area contributed by atoms with Crippen molar-refractivity contribution < 1.29 is 28.7 Å². The summed E-state index contributed by atoms with van der Waals surface area (Å²) in [6.07, 6.45) is 8.45. The molecule has 15 heteroatoms. The van der Waals surface area contributed by atoms with E-state index in [9.17, 15) is 24.0 Å². The minimum absolute atomic E-state index is 0.0102. The van der Waals surface area contributed by atoms with Crippen LogP contribution in [0, 0.1) is 0 Å². The number of amides is 5. The topological polar surface area (TPSA) is 179 Å². The van der Waals surface area contributed by atoms with E-state index in [2.05, 4.69) is 30.8 Å². The number of piperidine rings is 2. The highest BCUT2D eigenvalue weighted by Crippen LogP contribution is 2.34. The molecule has 2 fully saturated rings. The molecule has 4 aromatic rings. The molecule has 0 spiro atoms. The molecule has 3 aliphatic rings. The number of anilines is 1. The van der Waals surface area contributed by atoms with Crippen molar-refractivity contribution in [1.82, 2.24) is 35.4 Å². The molecule has 0 radical (unpaired) electrons. The molecule has 2 saturated heterocycles. The number of aromatic amines is 1. The number of aromatic nitrogens is 3. The number of carbonyl (C=O) groups excluding carboxylic acids is 5. The van der Waals surface area contributed by atoms with Gasteiger partial charge in [0.15, 0.2) is 6.61 Å². The average Bonchev–Trinajstić information content (AvgIpc) is 3.68. The molecule has 5 heterocycles. The third-order valence-corrected chi connectivity index (χ3v) is 9.97. The van der Waals surface area contributed by atoms with Gasteiger partial charge in [-0.25, -0.2) is 9.97 Å². The Morgan fingerprint density at radius 3 is 2.73 bits per heavy atom. The Bertz CT molecular complexity index is 2030. The zero-order valence-electron chi connectivity index (χ0n) is 28.5. The summed E-state index contributed by atoms with van der Waals surface area (Å²) < 4.78 is 5.67. The third kappa shape index (κ3) is 7.48. The molecule has 0 bridgehead atoms. The molecule has 0 saturated carbocycles. The minimum atomic E-state index is -1.08. The molecule has 2 unspecified atom stereocenters. The fourth-order valence-electron chi connectivity index (χ4n) is 7.12. The number of rotatable bonds is 13. The summed E-state index contributed by atoms with van der Waals surface area (Å²) in [6.45, 7) is 2.99. The maximum absolute atomic E-state index is 13.2. The largest absolute Gasteiger partial charge is 0.483 e. The molecular formula is C37H39ClN8O6. The number of fused-ring (bicyclic) bond motifs is 2. The predicted octanol–water partition coefficient (Wildman–Crippen LogP) is 3.92. The van der Waals surface area contributed by atoms with Crippen LogP contribution in [-0.4, -0.2) is 99.2 Å². The fraction of sp³-hybridized carbons (Fsp3) is 0.378. The van der Waals surface area contributed by atoms with E-state index in [1.165, 1.54) is 12.1 Å². The summed E-state index contributed by atoms with van der Waals surface area (Å²) in [4.78, 5) is 78.6. The number of ether oxygens (including phenoxy) is 1. The summed E-state index contributed by atoms with van der Waals surface area (Å²) in [7, 11) is 0. The van der Waals surface area contributed by atoms with Crippen LogP contribution < -0.4 is 20.7 Å². The number of halogens is 1. The molecule has 5 amide bonds. The normalized spacial score (nSPS) is 19.1. The van der Waals surface area contributed by atoms with E-state index in [-0.39, 0.29) is 48.3 Å². The lowest BCUT2D eigenvalue weighted by Gasteiger charge is -2.33. The van der Waals surface area contributed by atoms with Crippen LogP contribution in [0.5, 0.6) is 5.75 Å². The van der Waals surface area contributed by atoms with E-state index in [4.69, 9.17) is 21.3 Å². The van der Waals surface area contributed by atoms with Crippen LogP contribution in [0.4, 0.5) is 5.95 Å². The Balaban J connectivity index is 0.825. The first-order valence-electron chi connectivity index (χ1n) is 17.6. The smallest absolute Gasteiger partial charge is 0.266 e. The number of hydrogen-bond acceptors (Lipinski definition) is 10. The Kier molecular flexibility index (Phi) is 10.5. The lowest BCUT2D eigenvalue weighted by molar-refractivity contribution is -0.136. The molecular weight excluding hydrogens is 688 g/mol. The molecule has 2 atom stereocenters. The van der Waals surface area contributed by atoms with Crippen molar-refractivity contribution in [2.24, 2.45) is 0 Å². The van der Waals surface area contributed by atoms with Gasteiger partial charge in [0.25, 0.3) is 17.7 Å². The second-order valence-electron chi connectivity index (χ2n) is 13.2. The molecule has 270 valence electrons. The van der Waals surface area contributed by atoms with Gasteiger partial charge in [-0.1, -0.05) is 42.3 Å². The van der Waals surface area contributed by atoms with Gasteiger partial charge in [-0.2, -0.15) is 0 Å². The Labute approximate surface area is 304 Å². The highest BCUT2D eigenvalue weighted by molar-refractivity contribution is 6.33. The molecule has 2 aromatic heterocycles. The number of nitrogens with one attached hydrogen (secondary N) is 4. The van der Waals surface area contributed by atoms with Gasteiger partial charge in [-0.15, -0.1) is 0 Å². The number of imide groups is 2. The highest BCUT2D eigenvalue weighted by atomic mass is 35.5. The fourth-order valence-corrected chi connectivity index (χ4v) is 7.31. The standard InChI is InChI=1S/C37H39ClN8O6/c38-26-19-41-37(44-33(26)25-18-40-27-11-3-2-9-23(25)27)42-22-8-7-17-45(20-22)16-5-1-4-15-39-31(48)21-52-29-12-6-10-24-32(29)36(51)46(35(24)50)28-13-14-30(47)43-34(28)49/h2-3,6,9-12,18-19,22,28,40H,1,4-5,7-8,13-17,20-21H2,(H,39,48)(H,41,42,44)(H,43,47,49). The van der Waals surface area contributed by atoms with Crippen molar-refractivity contribution in [1.29, 1.82) is 0 Å². The first-order chi connectivity index (χ1) is 25.3. The molecule has 7 rings (SSSR count). The van der Waals surface area contributed by atoms with Crippen molar-refractivity contribution in [3.05, 3.63) is 71.0 Å². The van der Waals surface area contributed by atoms with Crippen molar-refractivity contribution >= 4 is 58.0 Å². The lowest BCUT2D eigenvalue weighted by Crippen LogP contribution is -2.54. The van der Waals surface area contributed by atoms with Crippen LogP contribution in [0.15, 0.2) is 54.9 Å². The van der Waals surface area contributed by atoms with Crippen LogP contribution >= 0.6 is 11.6 Å². The van der Waals surface area contributed by atoms with Crippen molar-refractivity contribution in [2.75, 3.05) is 38.1 Å². The molecule has 2 aromatic carbocycles. The minimum Gasteiger partial charge on any atom is -0.483 e. The lowest BCUT2D eigenvalue weighted by atomic mass is 10.0. The zero-order valence-corrected chi connectivity index (χ0v) is 29.2. The average molecular weight is 727 g/mol. The van der Waals surface area contributed by atoms with E-state index < -0.39 is 29.7 Å². The first-order valence-corrected chi connectivity index (χ1v) is 18.0.